The van der Waals surface area contributed by atoms with Gasteiger partial charge in [0.2, 0.25) is 0 Å². The van der Waals surface area contributed by atoms with Crippen LogP contribution in [0.25, 0.3) is 0 Å². The third-order valence-corrected chi connectivity index (χ3v) is 3.21. The van der Waals surface area contributed by atoms with E-state index in [1.807, 2.05) is 0 Å². The third kappa shape index (κ3) is 3.05. The zero-order chi connectivity index (χ0) is 14.7. The summed E-state index contributed by atoms with van der Waals surface area (Å²) >= 11 is 0. The molecule has 7 nitrogen and oxygen atoms in total. The molecule has 0 bridgehead atoms. The van der Waals surface area contributed by atoms with Gasteiger partial charge in [-0.25, -0.2) is 9.59 Å². The SMILES string of the molecule is NC(=O)N1CCC(NC(=O)c2cccc(C(=O)O)c2)C1. The van der Waals surface area contributed by atoms with Gasteiger partial charge in [-0.2, -0.15) is 0 Å². The van der Waals surface area contributed by atoms with Crippen molar-refractivity contribution in [3.8, 4) is 0 Å². The van der Waals surface area contributed by atoms with Gasteiger partial charge in [-0.15, -0.1) is 0 Å². The van der Waals surface area contributed by atoms with Crippen molar-refractivity contribution in [1.82, 2.24) is 10.2 Å². The molecule has 1 aliphatic rings. The Morgan fingerprint density at radius 1 is 1.30 bits per heavy atom. The molecule has 20 heavy (non-hydrogen) atoms. The van der Waals surface area contributed by atoms with Crippen molar-refractivity contribution in [2.24, 2.45) is 5.73 Å². The topological polar surface area (TPSA) is 113 Å². The van der Waals surface area contributed by atoms with Crippen molar-refractivity contribution in [2.75, 3.05) is 13.1 Å². The predicted octanol–water partition coefficient (Wildman–Crippen LogP) is 0.268. The number of carbonyl (C=O) groups is 3. The maximum absolute atomic E-state index is 12.0. The van der Waals surface area contributed by atoms with Crippen LogP contribution in [0.4, 0.5) is 4.79 Å². The molecule has 1 fully saturated rings. The van der Waals surface area contributed by atoms with E-state index in [-0.39, 0.29) is 23.1 Å². The number of nitrogens with two attached hydrogens (primary N) is 1. The Kier molecular flexibility index (Phi) is 3.88. The molecular formula is C13H15N3O4. The fourth-order valence-electron chi connectivity index (χ4n) is 2.14. The largest absolute Gasteiger partial charge is 0.478 e. The lowest BCUT2D eigenvalue weighted by molar-refractivity contribution is 0.0697. The second kappa shape index (κ2) is 5.60. The normalized spacial score (nSPS) is 17.8. The number of rotatable bonds is 3. The summed E-state index contributed by atoms with van der Waals surface area (Å²) in [6.45, 7) is 0.884. The summed E-state index contributed by atoms with van der Waals surface area (Å²) in [5.74, 6) is -1.44. The van der Waals surface area contributed by atoms with E-state index < -0.39 is 12.0 Å². The van der Waals surface area contributed by atoms with Crippen LogP contribution in [0.15, 0.2) is 24.3 Å². The van der Waals surface area contributed by atoms with Crippen molar-refractivity contribution in [2.45, 2.75) is 12.5 Å². The molecule has 0 spiro atoms. The fraction of sp³-hybridized carbons (Fsp3) is 0.308. The van der Waals surface area contributed by atoms with Crippen LogP contribution in [0, 0.1) is 0 Å². The first-order chi connectivity index (χ1) is 9.47. The fourth-order valence-corrected chi connectivity index (χ4v) is 2.14. The zero-order valence-corrected chi connectivity index (χ0v) is 10.7. The summed E-state index contributed by atoms with van der Waals surface area (Å²) in [5, 5.41) is 11.6. The number of amides is 3. The van der Waals surface area contributed by atoms with Gasteiger partial charge in [-0.05, 0) is 24.6 Å². The maximum atomic E-state index is 12.0. The van der Waals surface area contributed by atoms with Crippen molar-refractivity contribution in [1.29, 1.82) is 0 Å². The molecule has 0 aromatic heterocycles. The molecule has 1 aromatic carbocycles. The van der Waals surface area contributed by atoms with E-state index in [1.165, 1.54) is 23.1 Å². The first kappa shape index (κ1) is 13.9. The quantitative estimate of drug-likeness (QED) is 0.735. The van der Waals surface area contributed by atoms with Crippen LogP contribution in [0.3, 0.4) is 0 Å². The summed E-state index contributed by atoms with van der Waals surface area (Å²) < 4.78 is 0. The molecule has 1 saturated heterocycles. The van der Waals surface area contributed by atoms with E-state index in [0.717, 1.165) is 0 Å². The van der Waals surface area contributed by atoms with Crippen LogP contribution in [0.1, 0.15) is 27.1 Å². The van der Waals surface area contributed by atoms with E-state index in [2.05, 4.69) is 5.32 Å². The number of likely N-dealkylation sites (tertiary alicyclic amines) is 1. The highest BCUT2D eigenvalue weighted by atomic mass is 16.4. The lowest BCUT2D eigenvalue weighted by Crippen LogP contribution is -2.40. The number of urea groups is 1. The highest BCUT2D eigenvalue weighted by Crippen LogP contribution is 2.11. The lowest BCUT2D eigenvalue weighted by atomic mass is 10.1. The van der Waals surface area contributed by atoms with Crippen LogP contribution in [-0.4, -0.2) is 47.0 Å². The molecule has 1 aromatic rings. The second-order valence-corrected chi connectivity index (χ2v) is 4.63. The predicted molar refractivity (Wildman–Crippen MR) is 70.4 cm³/mol. The first-order valence-electron chi connectivity index (χ1n) is 6.16. The Hall–Kier alpha value is -2.57. The van der Waals surface area contributed by atoms with E-state index >= 15 is 0 Å². The number of carboxylic acids is 1. The minimum Gasteiger partial charge on any atom is -0.478 e. The van der Waals surface area contributed by atoms with Crippen molar-refractivity contribution in [3.63, 3.8) is 0 Å². The average Bonchev–Trinajstić information content (AvgIpc) is 2.87. The Bertz CT molecular complexity index is 558. The number of hydrogen-bond acceptors (Lipinski definition) is 3. The maximum Gasteiger partial charge on any atom is 0.335 e. The summed E-state index contributed by atoms with van der Waals surface area (Å²) in [6.07, 6.45) is 0.632. The van der Waals surface area contributed by atoms with Gasteiger partial charge >= 0.3 is 12.0 Å². The Balaban J connectivity index is 2.00. The number of carboxylic acid groups (broad SMARTS) is 1. The number of nitrogens with zero attached hydrogens (tertiary/aromatic N) is 1. The van der Waals surface area contributed by atoms with Crippen molar-refractivity contribution in [3.05, 3.63) is 35.4 Å². The van der Waals surface area contributed by atoms with Crippen LogP contribution in [0.2, 0.25) is 0 Å². The Labute approximate surface area is 115 Å². The first-order valence-corrected chi connectivity index (χ1v) is 6.16. The molecule has 4 N–H and O–H groups in total. The zero-order valence-electron chi connectivity index (χ0n) is 10.7. The number of primary amides is 1. The van der Waals surface area contributed by atoms with Crippen molar-refractivity contribution < 1.29 is 19.5 Å². The Morgan fingerprint density at radius 3 is 2.60 bits per heavy atom. The highest BCUT2D eigenvalue weighted by Gasteiger charge is 2.26. The van der Waals surface area contributed by atoms with E-state index in [1.54, 1.807) is 6.07 Å². The van der Waals surface area contributed by atoms with E-state index in [9.17, 15) is 14.4 Å². The monoisotopic (exact) mass is 277 g/mol. The molecule has 7 heteroatoms. The summed E-state index contributed by atoms with van der Waals surface area (Å²) in [6, 6.07) is 5.13. The number of benzene rings is 1. The molecule has 2 rings (SSSR count). The van der Waals surface area contributed by atoms with E-state index in [0.29, 0.717) is 19.5 Å². The molecule has 1 heterocycles. The molecule has 106 valence electrons. The van der Waals surface area contributed by atoms with Gasteiger partial charge in [0, 0.05) is 24.7 Å². The van der Waals surface area contributed by atoms with Gasteiger partial charge in [-0.3, -0.25) is 4.79 Å². The second-order valence-electron chi connectivity index (χ2n) is 4.63. The average molecular weight is 277 g/mol. The van der Waals surface area contributed by atoms with E-state index in [4.69, 9.17) is 10.8 Å². The molecule has 3 amide bonds. The van der Waals surface area contributed by atoms with Crippen LogP contribution in [-0.2, 0) is 0 Å². The van der Waals surface area contributed by atoms with Gasteiger partial charge < -0.3 is 21.1 Å². The smallest absolute Gasteiger partial charge is 0.335 e. The molecule has 0 radical (unpaired) electrons. The Morgan fingerprint density at radius 2 is 2.00 bits per heavy atom. The number of aromatic carboxylic acids is 1. The standard InChI is InChI=1S/C13H15N3O4/c14-13(20)16-5-4-10(7-16)15-11(17)8-2-1-3-9(6-8)12(18)19/h1-3,6,10H,4-5,7H2,(H2,14,20)(H,15,17)(H,18,19). The molecule has 1 aliphatic heterocycles. The van der Waals surface area contributed by atoms with Gasteiger partial charge in [0.25, 0.3) is 5.91 Å². The molecule has 1 unspecified atom stereocenters. The summed E-state index contributed by atoms with van der Waals surface area (Å²) in [7, 11) is 0. The van der Waals surface area contributed by atoms with Gasteiger partial charge in [0.05, 0.1) is 5.56 Å². The van der Waals surface area contributed by atoms with Gasteiger partial charge in [-0.1, -0.05) is 6.07 Å². The molecule has 1 atom stereocenters. The van der Waals surface area contributed by atoms with Gasteiger partial charge in [0.1, 0.15) is 0 Å². The summed E-state index contributed by atoms with van der Waals surface area (Å²) in [4.78, 5) is 35.3. The third-order valence-electron chi connectivity index (χ3n) is 3.21. The van der Waals surface area contributed by atoms with Crippen LogP contribution in [0.5, 0.6) is 0 Å². The lowest BCUT2D eigenvalue weighted by Gasteiger charge is -2.14. The molecule has 0 saturated carbocycles. The summed E-state index contributed by atoms with van der Waals surface area (Å²) in [5.41, 5.74) is 5.50. The van der Waals surface area contributed by atoms with Crippen molar-refractivity contribution >= 4 is 17.9 Å². The number of hydrogen-bond donors (Lipinski definition) is 3. The van der Waals surface area contributed by atoms with Crippen LogP contribution >= 0.6 is 0 Å². The molecular weight excluding hydrogens is 262 g/mol. The minimum atomic E-state index is -1.08. The highest BCUT2D eigenvalue weighted by molar-refractivity contribution is 5.97. The number of nitrogens with one attached hydrogen (secondary N) is 1. The van der Waals surface area contributed by atoms with Crippen LogP contribution < -0.4 is 11.1 Å². The van der Waals surface area contributed by atoms with Gasteiger partial charge in [0.15, 0.2) is 0 Å². The minimum absolute atomic E-state index is 0.0582. The number of carbonyl (C=O) groups excluding carboxylic acids is 2. The molecule has 0 aliphatic carbocycles.